The Balaban J connectivity index is 0.00000225. The van der Waals surface area contributed by atoms with Crippen molar-refractivity contribution in [3.8, 4) is 5.75 Å². The van der Waals surface area contributed by atoms with Crippen molar-refractivity contribution in [3.63, 3.8) is 0 Å². The van der Waals surface area contributed by atoms with Gasteiger partial charge in [0, 0.05) is 6.04 Å². The van der Waals surface area contributed by atoms with Crippen LogP contribution in [0.1, 0.15) is 5.56 Å². The number of benzene rings is 1. The van der Waals surface area contributed by atoms with Crippen LogP contribution in [0.15, 0.2) is 12.1 Å². The van der Waals surface area contributed by atoms with Crippen molar-refractivity contribution >= 4 is 12.4 Å². The van der Waals surface area contributed by atoms with Crippen molar-refractivity contribution in [1.29, 1.82) is 0 Å². The average Bonchev–Trinajstić information content (AvgIpc) is 2.25. The summed E-state index contributed by atoms with van der Waals surface area (Å²) in [6.07, 6.45) is 0.0866. The highest BCUT2D eigenvalue weighted by molar-refractivity contribution is 5.85. The molecule has 0 heterocycles. The van der Waals surface area contributed by atoms with Crippen LogP contribution in [-0.2, 0) is 6.42 Å². The standard InChI is InChI=1S/C10H13F2NO2.ClH/c1-15-8-3-2-6(4-7(13)5-14)9(11)10(8)12;/h2-3,7,14H,4-5,13H2,1H3;1H. The van der Waals surface area contributed by atoms with Crippen molar-refractivity contribution in [2.24, 2.45) is 5.73 Å². The highest BCUT2D eigenvalue weighted by atomic mass is 35.5. The minimum atomic E-state index is -1.03. The molecule has 3 nitrogen and oxygen atoms in total. The van der Waals surface area contributed by atoms with Gasteiger partial charge in [-0.3, -0.25) is 0 Å². The summed E-state index contributed by atoms with van der Waals surface area (Å²) in [6, 6.07) is 2.14. The van der Waals surface area contributed by atoms with Gasteiger partial charge in [0.05, 0.1) is 13.7 Å². The molecule has 92 valence electrons. The van der Waals surface area contributed by atoms with Gasteiger partial charge in [-0.15, -0.1) is 12.4 Å². The first-order valence-corrected chi connectivity index (χ1v) is 4.47. The third-order valence-corrected chi connectivity index (χ3v) is 2.06. The van der Waals surface area contributed by atoms with Crippen molar-refractivity contribution in [2.75, 3.05) is 13.7 Å². The predicted molar refractivity (Wildman–Crippen MR) is 58.9 cm³/mol. The molecule has 1 rings (SSSR count). The van der Waals surface area contributed by atoms with Gasteiger partial charge in [0.15, 0.2) is 11.6 Å². The molecule has 0 spiro atoms. The van der Waals surface area contributed by atoms with E-state index >= 15 is 0 Å². The molecule has 6 heteroatoms. The van der Waals surface area contributed by atoms with Gasteiger partial charge < -0.3 is 15.6 Å². The van der Waals surface area contributed by atoms with E-state index in [-0.39, 0.29) is 36.7 Å². The van der Waals surface area contributed by atoms with Crippen molar-refractivity contribution in [2.45, 2.75) is 12.5 Å². The van der Waals surface area contributed by atoms with Gasteiger partial charge in [0.2, 0.25) is 5.82 Å². The van der Waals surface area contributed by atoms with Crippen molar-refractivity contribution < 1.29 is 18.6 Å². The van der Waals surface area contributed by atoms with Crippen molar-refractivity contribution in [1.82, 2.24) is 0 Å². The van der Waals surface area contributed by atoms with Crippen LogP contribution in [-0.4, -0.2) is 24.9 Å². The summed E-state index contributed by atoms with van der Waals surface area (Å²) >= 11 is 0. The Morgan fingerprint density at radius 2 is 2.00 bits per heavy atom. The predicted octanol–water partition coefficient (Wildman–Crippen LogP) is 1.26. The van der Waals surface area contributed by atoms with Crippen LogP contribution in [0.2, 0.25) is 0 Å². The number of ether oxygens (including phenoxy) is 1. The Labute approximate surface area is 98.6 Å². The molecule has 0 aromatic heterocycles. The first-order chi connectivity index (χ1) is 7.10. The van der Waals surface area contributed by atoms with Crippen LogP contribution in [0.4, 0.5) is 8.78 Å². The SMILES string of the molecule is COc1ccc(CC(N)CO)c(F)c1F.Cl. The topological polar surface area (TPSA) is 55.5 Å². The molecule has 0 radical (unpaired) electrons. The summed E-state index contributed by atoms with van der Waals surface area (Å²) in [7, 11) is 1.26. The summed E-state index contributed by atoms with van der Waals surface area (Å²) in [4.78, 5) is 0. The van der Waals surface area contributed by atoms with E-state index in [2.05, 4.69) is 4.74 Å². The smallest absolute Gasteiger partial charge is 0.200 e. The van der Waals surface area contributed by atoms with E-state index in [4.69, 9.17) is 10.8 Å². The Bertz CT molecular complexity index is 350. The zero-order chi connectivity index (χ0) is 11.4. The van der Waals surface area contributed by atoms with E-state index in [0.717, 1.165) is 0 Å². The zero-order valence-corrected chi connectivity index (χ0v) is 9.56. The normalized spacial score (nSPS) is 11.8. The third kappa shape index (κ3) is 3.30. The van der Waals surface area contributed by atoms with Gasteiger partial charge in [-0.1, -0.05) is 6.07 Å². The Kier molecular flexibility index (Phi) is 6.25. The third-order valence-electron chi connectivity index (χ3n) is 2.06. The number of rotatable bonds is 4. The van der Waals surface area contributed by atoms with Gasteiger partial charge in [-0.25, -0.2) is 4.39 Å². The molecule has 1 unspecified atom stereocenters. The van der Waals surface area contributed by atoms with Crippen LogP contribution in [0.25, 0.3) is 0 Å². The Morgan fingerprint density at radius 3 is 2.50 bits per heavy atom. The molecule has 1 atom stereocenters. The number of halogens is 3. The highest BCUT2D eigenvalue weighted by Gasteiger charge is 2.15. The van der Waals surface area contributed by atoms with Gasteiger partial charge >= 0.3 is 0 Å². The molecule has 0 aliphatic heterocycles. The number of hydrogen-bond acceptors (Lipinski definition) is 3. The molecular formula is C10H14ClF2NO2. The molecule has 3 N–H and O–H groups in total. The largest absolute Gasteiger partial charge is 0.494 e. The molecule has 0 bridgehead atoms. The second-order valence-electron chi connectivity index (χ2n) is 3.20. The Hall–Kier alpha value is -0.910. The van der Waals surface area contributed by atoms with Gasteiger partial charge in [-0.05, 0) is 18.1 Å². The highest BCUT2D eigenvalue weighted by Crippen LogP contribution is 2.22. The second-order valence-corrected chi connectivity index (χ2v) is 3.20. The van der Waals surface area contributed by atoms with Crippen LogP contribution in [0, 0.1) is 11.6 Å². The fraction of sp³-hybridized carbons (Fsp3) is 0.400. The van der Waals surface area contributed by atoms with Crippen LogP contribution in [0.5, 0.6) is 5.75 Å². The zero-order valence-electron chi connectivity index (χ0n) is 8.74. The lowest BCUT2D eigenvalue weighted by Gasteiger charge is -2.10. The monoisotopic (exact) mass is 253 g/mol. The minimum absolute atomic E-state index is 0. The van der Waals surface area contributed by atoms with Crippen LogP contribution in [0.3, 0.4) is 0 Å². The molecular weight excluding hydrogens is 240 g/mol. The maximum atomic E-state index is 13.4. The molecule has 1 aromatic carbocycles. The van der Waals surface area contributed by atoms with Crippen LogP contribution >= 0.6 is 12.4 Å². The Morgan fingerprint density at radius 1 is 1.38 bits per heavy atom. The summed E-state index contributed by atoms with van der Waals surface area (Å²) in [5, 5.41) is 8.69. The summed E-state index contributed by atoms with van der Waals surface area (Å²) < 4.78 is 31.2. The molecule has 0 aliphatic rings. The molecule has 16 heavy (non-hydrogen) atoms. The molecule has 0 saturated carbocycles. The fourth-order valence-corrected chi connectivity index (χ4v) is 1.23. The minimum Gasteiger partial charge on any atom is -0.494 e. The van der Waals surface area contributed by atoms with Crippen molar-refractivity contribution in [3.05, 3.63) is 29.3 Å². The van der Waals surface area contributed by atoms with E-state index in [9.17, 15) is 8.78 Å². The number of hydrogen-bond donors (Lipinski definition) is 2. The van der Waals surface area contributed by atoms with E-state index in [0.29, 0.717) is 0 Å². The van der Waals surface area contributed by atoms with E-state index < -0.39 is 17.7 Å². The molecule has 0 saturated heterocycles. The molecule has 0 amide bonds. The number of nitrogens with two attached hydrogens (primary N) is 1. The van der Waals surface area contributed by atoms with Gasteiger partial charge in [0.1, 0.15) is 0 Å². The number of aliphatic hydroxyl groups is 1. The molecule has 0 aliphatic carbocycles. The lowest BCUT2D eigenvalue weighted by Crippen LogP contribution is -2.27. The summed E-state index contributed by atoms with van der Waals surface area (Å²) in [5.74, 6) is -2.15. The van der Waals surface area contributed by atoms with Gasteiger partial charge in [0.25, 0.3) is 0 Å². The first kappa shape index (κ1) is 15.1. The number of aliphatic hydroxyl groups excluding tert-OH is 1. The second kappa shape index (κ2) is 6.62. The molecule has 1 aromatic rings. The average molecular weight is 254 g/mol. The van der Waals surface area contributed by atoms with Gasteiger partial charge in [-0.2, -0.15) is 4.39 Å². The molecule has 0 fully saturated rings. The van der Waals surface area contributed by atoms with E-state index in [1.165, 1.54) is 19.2 Å². The lowest BCUT2D eigenvalue weighted by atomic mass is 10.1. The summed E-state index contributed by atoms with van der Waals surface area (Å²) in [5.41, 5.74) is 5.56. The summed E-state index contributed by atoms with van der Waals surface area (Å²) in [6.45, 7) is -0.271. The lowest BCUT2D eigenvalue weighted by molar-refractivity contribution is 0.264. The van der Waals surface area contributed by atoms with E-state index in [1.807, 2.05) is 0 Å². The quantitative estimate of drug-likeness (QED) is 0.849. The maximum absolute atomic E-state index is 13.4. The van der Waals surface area contributed by atoms with Crippen LogP contribution < -0.4 is 10.5 Å². The maximum Gasteiger partial charge on any atom is 0.200 e. The fourth-order valence-electron chi connectivity index (χ4n) is 1.23. The van der Waals surface area contributed by atoms with E-state index in [1.54, 1.807) is 0 Å². The number of methoxy groups -OCH3 is 1. The first-order valence-electron chi connectivity index (χ1n) is 4.47.